The molecule has 0 saturated heterocycles. The summed E-state index contributed by atoms with van der Waals surface area (Å²) >= 11 is 0. The summed E-state index contributed by atoms with van der Waals surface area (Å²) in [6.45, 7) is 7.80. The maximum absolute atomic E-state index is 13.2. The minimum absolute atomic E-state index is 0.00245. The Morgan fingerprint density at radius 1 is 0.756 bits per heavy atom. The first-order valence-corrected chi connectivity index (χ1v) is 14.4. The molecule has 2 rings (SSSR count). The molecule has 3 amide bonds. The van der Waals surface area contributed by atoms with Crippen molar-refractivity contribution in [3.05, 3.63) is 97.1 Å². The number of carbonyl (C=O) groups is 5. The molecule has 0 fully saturated rings. The molecule has 2 aromatic rings. The number of hydrogen-bond donors (Lipinski definition) is 4. The summed E-state index contributed by atoms with van der Waals surface area (Å²) < 4.78 is 15.9. The van der Waals surface area contributed by atoms with Gasteiger partial charge in [-0.15, -0.1) is 13.2 Å². The lowest BCUT2D eigenvalue weighted by Crippen LogP contribution is -2.49. The summed E-state index contributed by atoms with van der Waals surface area (Å²) in [6.07, 6.45) is 1.85. The van der Waals surface area contributed by atoms with E-state index < -0.39 is 60.5 Å². The van der Waals surface area contributed by atoms with Gasteiger partial charge in [-0.2, -0.15) is 0 Å². The Morgan fingerprint density at radius 3 is 1.87 bits per heavy atom. The summed E-state index contributed by atoms with van der Waals surface area (Å²) in [5.74, 6) is -3.86. The molecule has 0 heterocycles. The summed E-state index contributed by atoms with van der Waals surface area (Å²) in [5, 5.41) is 16.7. The Bertz CT molecular complexity index is 1270. The topological polar surface area (TPSA) is 169 Å². The van der Waals surface area contributed by atoms with Crippen molar-refractivity contribution in [1.29, 1.82) is 0 Å². The number of ether oxygens (including phenoxy) is 3. The predicted molar refractivity (Wildman–Crippen MR) is 165 cm³/mol. The van der Waals surface area contributed by atoms with Crippen LogP contribution in [0.3, 0.4) is 0 Å². The summed E-state index contributed by atoms with van der Waals surface area (Å²) in [4.78, 5) is 64.0. The molecule has 0 aliphatic heterocycles. The van der Waals surface area contributed by atoms with Crippen LogP contribution in [0.1, 0.15) is 37.3 Å². The van der Waals surface area contributed by atoms with Gasteiger partial charge in [0, 0.05) is 12.5 Å². The Labute approximate surface area is 262 Å². The van der Waals surface area contributed by atoms with Crippen LogP contribution in [0.4, 0.5) is 4.79 Å². The molecule has 0 aliphatic carbocycles. The molecule has 242 valence electrons. The second-order valence-electron chi connectivity index (χ2n) is 10.1. The molecular formula is C33H41N3O9. The van der Waals surface area contributed by atoms with Crippen molar-refractivity contribution in [1.82, 2.24) is 16.0 Å². The van der Waals surface area contributed by atoms with Gasteiger partial charge in [0.1, 0.15) is 25.9 Å². The molecule has 0 spiro atoms. The van der Waals surface area contributed by atoms with Gasteiger partial charge in [0.25, 0.3) is 0 Å². The molecule has 0 unspecified atom stereocenters. The van der Waals surface area contributed by atoms with E-state index in [0.29, 0.717) is 5.56 Å². The number of aliphatic hydroxyl groups is 1. The second kappa shape index (κ2) is 20.1. The minimum Gasteiger partial charge on any atom is -0.461 e. The van der Waals surface area contributed by atoms with Crippen LogP contribution in [0.15, 0.2) is 86.0 Å². The minimum atomic E-state index is -1.44. The normalized spacial score (nSPS) is 13.1. The van der Waals surface area contributed by atoms with Gasteiger partial charge < -0.3 is 35.3 Å². The number of alkyl carbamates (subject to hydrolysis) is 1. The fraction of sp³-hybridized carbons (Fsp3) is 0.364. The van der Waals surface area contributed by atoms with E-state index in [1.54, 1.807) is 61.5 Å². The first-order chi connectivity index (χ1) is 21.7. The summed E-state index contributed by atoms with van der Waals surface area (Å²) in [6, 6.07) is 14.6. The molecule has 0 radical (unpaired) electrons. The lowest BCUT2D eigenvalue weighted by Gasteiger charge is -2.23. The number of allylic oxidation sites excluding steroid dienone is 1. The van der Waals surface area contributed by atoms with E-state index in [4.69, 9.17) is 14.2 Å². The number of amides is 3. The molecule has 0 aromatic heterocycles. The van der Waals surface area contributed by atoms with E-state index in [1.165, 1.54) is 12.2 Å². The van der Waals surface area contributed by atoms with Crippen LogP contribution in [0, 0.1) is 5.92 Å². The Morgan fingerprint density at radius 2 is 1.31 bits per heavy atom. The number of aliphatic hydroxyl groups excluding tert-OH is 1. The van der Waals surface area contributed by atoms with Crippen LogP contribution < -0.4 is 16.0 Å². The molecule has 4 N–H and O–H groups in total. The third-order valence-corrected chi connectivity index (χ3v) is 6.34. The Balaban J connectivity index is 2.10. The molecular weight excluding hydrogens is 582 g/mol. The summed E-state index contributed by atoms with van der Waals surface area (Å²) in [7, 11) is 0. The van der Waals surface area contributed by atoms with Crippen molar-refractivity contribution in [2.45, 2.75) is 57.5 Å². The number of esters is 2. The third kappa shape index (κ3) is 13.9. The lowest BCUT2D eigenvalue weighted by molar-refractivity contribution is -0.156. The zero-order chi connectivity index (χ0) is 33.0. The number of rotatable bonds is 19. The first kappa shape index (κ1) is 36.2. The van der Waals surface area contributed by atoms with Gasteiger partial charge in [-0.3, -0.25) is 9.59 Å². The molecule has 0 aliphatic rings. The predicted octanol–water partition coefficient (Wildman–Crippen LogP) is 2.71. The van der Waals surface area contributed by atoms with Gasteiger partial charge in [0.2, 0.25) is 11.8 Å². The van der Waals surface area contributed by atoms with Crippen molar-refractivity contribution in [2.75, 3.05) is 13.2 Å². The smallest absolute Gasteiger partial charge is 0.408 e. The van der Waals surface area contributed by atoms with Crippen molar-refractivity contribution in [3.8, 4) is 0 Å². The first-order valence-electron chi connectivity index (χ1n) is 14.4. The van der Waals surface area contributed by atoms with Gasteiger partial charge in [0.05, 0.1) is 12.5 Å². The fourth-order valence-corrected chi connectivity index (χ4v) is 3.93. The largest absolute Gasteiger partial charge is 0.461 e. The molecule has 4 atom stereocenters. The fourth-order valence-electron chi connectivity index (χ4n) is 3.93. The standard InChI is InChI=1S/C33H41N3O9/c1-4-12-26(18-29(38)34-23(3)19-37)30(39)35-28(32(41)43-20-24-14-8-6-9-15-24)22-44-31(40)27(13-5-2)36-33(42)45-21-25-16-10-7-11-17-25/h4-11,14-17,23,26-28,37H,1-2,12-13,18-22H2,3H3,(H,34,38)(H,35,39)(H,36,42)/t23-,26+,27+,28+/m0/s1. The molecule has 0 saturated carbocycles. The van der Waals surface area contributed by atoms with Crippen molar-refractivity contribution < 1.29 is 43.3 Å². The zero-order valence-corrected chi connectivity index (χ0v) is 25.3. The highest BCUT2D eigenvalue weighted by Gasteiger charge is 2.30. The van der Waals surface area contributed by atoms with Crippen LogP contribution >= 0.6 is 0 Å². The van der Waals surface area contributed by atoms with Gasteiger partial charge >= 0.3 is 18.0 Å². The third-order valence-electron chi connectivity index (χ3n) is 6.34. The maximum atomic E-state index is 13.2. The van der Waals surface area contributed by atoms with Gasteiger partial charge in [-0.05, 0) is 30.9 Å². The monoisotopic (exact) mass is 623 g/mol. The maximum Gasteiger partial charge on any atom is 0.408 e. The van der Waals surface area contributed by atoms with Gasteiger partial charge in [0.15, 0.2) is 6.04 Å². The Kier molecular flexibility index (Phi) is 16.2. The van der Waals surface area contributed by atoms with Crippen molar-refractivity contribution >= 4 is 29.8 Å². The van der Waals surface area contributed by atoms with Crippen LogP contribution in [0.5, 0.6) is 0 Å². The molecule has 0 bridgehead atoms. The number of carbonyl (C=O) groups excluding carboxylic acids is 5. The van der Waals surface area contributed by atoms with Gasteiger partial charge in [-0.25, -0.2) is 14.4 Å². The highest BCUT2D eigenvalue weighted by Crippen LogP contribution is 2.12. The van der Waals surface area contributed by atoms with E-state index >= 15 is 0 Å². The van der Waals surface area contributed by atoms with Crippen molar-refractivity contribution in [3.63, 3.8) is 0 Å². The SMILES string of the molecule is C=CC[C@H](CC(=O)N[C@@H](C)CO)C(=O)N[C@H](COC(=O)[C@@H](CC=C)NC(=O)OCc1ccccc1)C(=O)OCc1ccccc1. The van der Waals surface area contributed by atoms with Crippen LogP contribution in [0.25, 0.3) is 0 Å². The average Bonchev–Trinajstić information content (AvgIpc) is 3.04. The highest BCUT2D eigenvalue weighted by atomic mass is 16.6. The number of benzene rings is 2. The van der Waals surface area contributed by atoms with Gasteiger partial charge in [-0.1, -0.05) is 72.8 Å². The van der Waals surface area contributed by atoms with Crippen LogP contribution in [-0.2, 0) is 46.6 Å². The van der Waals surface area contributed by atoms with E-state index in [2.05, 4.69) is 29.1 Å². The summed E-state index contributed by atoms with van der Waals surface area (Å²) in [5.41, 5.74) is 1.44. The second-order valence-corrected chi connectivity index (χ2v) is 10.1. The average molecular weight is 624 g/mol. The van der Waals surface area contributed by atoms with E-state index in [1.807, 2.05) is 6.07 Å². The van der Waals surface area contributed by atoms with Crippen LogP contribution in [-0.4, -0.2) is 66.3 Å². The molecule has 45 heavy (non-hydrogen) atoms. The lowest BCUT2D eigenvalue weighted by atomic mass is 9.99. The highest BCUT2D eigenvalue weighted by molar-refractivity contribution is 5.89. The van der Waals surface area contributed by atoms with Crippen molar-refractivity contribution in [2.24, 2.45) is 5.92 Å². The molecule has 12 nitrogen and oxygen atoms in total. The number of nitrogens with one attached hydrogen (secondary N) is 3. The Hall–Kier alpha value is -4.97. The van der Waals surface area contributed by atoms with E-state index in [-0.39, 0.29) is 39.1 Å². The molecule has 2 aromatic carbocycles. The van der Waals surface area contributed by atoms with E-state index in [9.17, 15) is 29.1 Å². The zero-order valence-electron chi connectivity index (χ0n) is 25.3. The quantitative estimate of drug-likeness (QED) is 0.104. The van der Waals surface area contributed by atoms with E-state index in [0.717, 1.165) is 5.56 Å². The van der Waals surface area contributed by atoms with Crippen LogP contribution in [0.2, 0.25) is 0 Å². The molecule has 12 heteroatoms. The number of hydrogen-bond acceptors (Lipinski definition) is 9.